The molecule has 0 saturated carbocycles. The van der Waals surface area contributed by atoms with Gasteiger partial charge in [-0.15, -0.1) is 0 Å². The Kier molecular flexibility index (Phi) is 6.71. The van der Waals surface area contributed by atoms with Crippen molar-refractivity contribution in [2.24, 2.45) is 5.73 Å². The molecule has 9 heteroatoms. The summed E-state index contributed by atoms with van der Waals surface area (Å²) in [5.41, 5.74) is 4.92. The fraction of sp³-hybridized carbons (Fsp3) is 0.565. The Hall–Kier alpha value is -2.78. The number of nitrogens with zero attached hydrogens (tertiary/aromatic N) is 1. The van der Waals surface area contributed by atoms with Gasteiger partial charge in [-0.3, -0.25) is 29.4 Å². The van der Waals surface area contributed by atoms with Crippen LogP contribution in [0.5, 0.6) is 5.75 Å². The molecule has 2 aliphatic rings. The SMILES string of the molecule is CC(C)(CCN)OCCC(C)(C)Oc1cccc2c1C(=O)N(C1CCC(=O)NC1=O)C2=O. The largest absolute Gasteiger partial charge is 0.487 e. The Bertz CT molecular complexity index is 940. The summed E-state index contributed by atoms with van der Waals surface area (Å²) in [6.45, 7) is 8.68. The minimum absolute atomic E-state index is 0.0701. The lowest BCUT2D eigenvalue weighted by molar-refractivity contribution is -0.136. The molecule has 1 unspecified atom stereocenters. The van der Waals surface area contributed by atoms with Crippen LogP contribution in [0.3, 0.4) is 0 Å². The van der Waals surface area contributed by atoms with Crippen LogP contribution in [-0.4, -0.2) is 58.9 Å². The molecule has 1 fully saturated rings. The molecule has 0 radical (unpaired) electrons. The number of carbonyl (C=O) groups is 4. The normalized spacial score (nSPS) is 19.3. The van der Waals surface area contributed by atoms with Crippen molar-refractivity contribution < 1.29 is 28.7 Å². The smallest absolute Gasteiger partial charge is 0.266 e. The minimum Gasteiger partial charge on any atom is -0.487 e. The Morgan fingerprint density at radius 2 is 1.78 bits per heavy atom. The summed E-state index contributed by atoms with van der Waals surface area (Å²) >= 11 is 0. The van der Waals surface area contributed by atoms with E-state index in [0.29, 0.717) is 19.6 Å². The predicted molar refractivity (Wildman–Crippen MR) is 116 cm³/mol. The Balaban J connectivity index is 1.76. The highest BCUT2D eigenvalue weighted by molar-refractivity contribution is 6.24. The first-order valence-electron chi connectivity index (χ1n) is 10.8. The zero-order valence-corrected chi connectivity index (χ0v) is 19.0. The molecular formula is C23H31N3O6. The monoisotopic (exact) mass is 445 g/mol. The highest BCUT2D eigenvalue weighted by Gasteiger charge is 2.46. The van der Waals surface area contributed by atoms with Crippen molar-refractivity contribution in [3.05, 3.63) is 29.3 Å². The van der Waals surface area contributed by atoms with Crippen LogP contribution in [0.1, 0.15) is 74.1 Å². The molecule has 32 heavy (non-hydrogen) atoms. The number of piperidine rings is 1. The maximum Gasteiger partial charge on any atom is 0.266 e. The van der Waals surface area contributed by atoms with E-state index in [4.69, 9.17) is 15.2 Å². The average molecular weight is 446 g/mol. The second-order valence-electron chi connectivity index (χ2n) is 9.38. The number of imide groups is 2. The molecule has 0 bridgehead atoms. The maximum atomic E-state index is 13.2. The number of carbonyl (C=O) groups excluding carboxylic acids is 4. The van der Waals surface area contributed by atoms with Gasteiger partial charge in [0.05, 0.1) is 23.3 Å². The van der Waals surface area contributed by atoms with Gasteiger partial charge in [-0.1, -0.05) is 6.07 Å². The molecule has 1 aromatic rings. The highest BCUT2D eigenvalue weighted by atomic mass is 16.5. The van der Waals surface area contributed by atoms with Gasteiger partial charge in [0.1, 0.15) is 17.4 Å². The third-order valence-corrected chi connectivity index (χ3v) is 5.76. The van der Waals surface area contributed by atoms with Gasteiger partial charge in [0.15, 0.2) is 0 Å². The van der Waals surface area contributed by atoms with E-state index in [1.54, 1.807) is 18.2 Å². The summed E-state index contributed by atoms with van der Waals surface area (Å²) < 4.78 is 12.1. The Labute approximate surface area is 187 Å². The van der Waals surface area contributed by atoms with E-state index >= 15 is 0 Å². The van der Waals surface area contributed by atoms with Gasteiger partial charge in [-0.25, -0.2) is 0 Å². The molecule has 2 heterocycles. The van der Waals surface area contributed by atoms with Crippen molar-refractivity contribution in [3.63, 3.8) is 0 Å². The van der Waals surface area contributed by atoms with E-state index in [9.17, 15) is 19.2 Å². The molecular weight excluding hydrogens is 414 g/mol. The van der Waals surface area contributed by atoms with Crippen molar-refractivity contribution >= 4 is 23.6 Å². The lowest BCUT2D eigenvalue weighted by Gasteiger charge is -2.30. The van der Waals surface area contributed by atoms with Crippen molar-refractivity contribution in [1.82, 2.24) is 10.2 Å². The molecule has 1 saturated heterocycles. The second kappa shape index (κ2) is 8.99. The van der Waals surface area contributed by atoms with Crippen LogP contribution < -0.4 is 15.8 Å². The number of nitrogens with two attached hydrogens (primary N) is 1. The predicted octanol–water partition coefficient (Wildman–Crippen LogP) is 1.78. The van der Waals surface area contributed by atoms with Gasteiger partial charge in [0.25, 0.3) is 11.8 Å². The lowest BCUT2D eigenvalue weighted by Crippen LogP contribution is -2.54. The number of nitrogens with one attached hydrogen (secondary N) is 1. The second-order valence-corrected chi connectivity index (χ2v) is 9.38. The Morgan fingerprint density at radius 3 is 2.44 bits per heavy atom. The number of amides is 4. The van der Waals surface area contributed by atoms with Crippen molar-refractivity contribution in [2.45, 2.75) is 70.6 Å². The van der Waals surface area contributed by atoms with Gasteiger partial charge in [-0.05, 0) is 59.2 Å². The fourth-order valence-corrected chi connectivity index (χ4v) is 3.91. The molecule has 0 aromatic heterocycles. The van der Waals surface area contributed by atoms with Crippen LogP contribution in [-0.2, 0) is 14.3 Å². The molecule has 3 N–H and O–H groups in total. The third-order valence-electron chi connectivity index (χ3n) is 5.76. The molecule has 174 valence electrons. The van der Waals surface area contributed by atoms with E-state index in [0.717, 1.165) is 11.3 Å². The van der Waals surface area contributed by atoms with Crippen molar-refractivity contribution in [2.75, 3.05) is 13.2 Å². The summed E-state index contributed by atoms with van der Waals surface area (Å²) in [7, 11) is 0. The fourth-order valence-electron chi connectivity index (χ4n) is 3.91. The van der Waals surface area contributed by atoms with E-state index in [-0.39, 0.29) is 35.3 Å². The van der Waals surface area contributed by atoms with Crippen LogP contribution in [0, 0.1) is 0 Å². The molecule has 0 aliphatic carbocycles. The highest BCUT2D eigenvalue weighted by Crippen LogP contribution is 2.35. The van der Waals surface area contributed by atoms with Gasteiger partial charge < -0.3 is 15.2 Å². The standard InChI is InChI=1S/C23H31N3O6/c1-22(2,10-12-24)31-13-11-23(3,4)32-16-7-5-6-14-18(16)21(30)26(20(14)29)15-8-9-17(27)25-19(15)28/h5-7,15H,8-13,24H2,1-4H3,(H,25,27,28). The first-order chi connectivity index (χ1) is 15.0. The molecule has 2 aliphatic heterocycles. The van der Waals surface area contributed by atoms with Gasteiger partial charge in [0, 0.05) is 12.8 Å². The van der Waals surface area contributed by atoms with E-state index < -0.39 is 35.3 Å². The van der Waals surface area contributed by atoms with Crippen molar-refractivity contribution in [3.8, 4) is 5.75 Å². The number of benzene rings is 1. The molecule has 0 spiro atoms. The van der Waals surface area contributed by atoms with Gasteiger partial charge in [0.2, 0.25) is 11.8 Å². The summed E-state index contributed by atoms with van der Waals surface area (Å²) in [5, 5.41) is 2.19. The van der Waals surface area contributed by atoms with E-state index in [2.05, 4.69) is 5.32 Å². The van der Waals surface area contributed by atoms with E-state index in [1.165, 1.54) is 0 Å². The first kappa shape index (κ1) is 23.9. The van der Waals surface area contributed by atoms with Gasteiger partial charge >= 0.3 is 0 Å². The zero-order chi connectivity index (χ0) is 23.7. The number of hydrogen-bond acceptors (Lipinski definition) is 7. The number of rotatable bonds is 9. The molecule has 9 nitrogen and oxygen atoms in total. The molecule has 4 amide bonds. The summed E-state index contributed by atoms with van der Waals surface area (Å²) in [5.74, 6) is -1.93. The van der Waals surface area contributed by atoms with Crippen molar-refractivity contribution in [1.29, 1.82) is 0 Å². The van der Waals surface area contributed by atoms with Crippen LogP contribution in [0.4, 0.5) is 0 Å². The Morgan fingerprint density at radius 1 is 1.06 bits per heavy atom. The zero-order valence-electron chi connectivity index (χ0n) is 19.0. The third kappa shape index (κ3) is 4.99. The van der Waals surface area contributed by atoms with Gasteiger partial charge in [-0.2, -0.15) is 0 Å². The van der Waals surface area contributed by atoms with Crippen LogP contribution >= 0.6 is 0 Å². The maximum absolute atomic E-state index is 13.2. The van der Waals surface area contributed by atoms with E-state index in [1.807, 2.05) is 27.7 Å². The van der Waals surface area contributed by atoms with Crippen LogP contribution in [0.15, 0.2) is 18.2 Å². The van der Waals surface area contributed by atoms with Crippen LogP contribution in [0.25, 0.3) is 0 Å². The molecule has 3 rings (SSSR count). The minimum atomic E-state index is -1.01. The quantitative estimate of drug-likeness (QED) is 0.555. The topological polar surface area (TPSA) is 128 Å². The molecule has 1 aromatic carbocycles. The number of ether oxygens (including phenoxy) is 2. The summed E-state index contributed by atoms with van der Waals surface area (Å²) in [4.78, 5) is 50.8. The lowest BCUT2D eigenvalue weighted by atomic mass is 10.0. The number of fused-ring (bicyclic) bond motifs is 1. The summed E-state index contributed by atoms with van der Waals surface area (Å²) in [6.07, 6.45) is 1.45. The molecule has 1 atom stereocenters. The first-order valence-corrected chi connectivity index (χ1v) is 10.8. The van der Waals surface area contributed by atoms with Crippen LogP contribution in [0.2, 0.25) is 0 Å². The summed E-state index contributed by atoms with van der Waals surface area (Å²) in [6, 6.07) is 3.81. The number of hydrogen-bond donors (Lipinski definition) is 2. The average Bonchev–Trinajstić information content (AvgIpc) is 2.93.